The molecule has 0 radical (unpaired) electrons. The number of aromatic nitrogens is 3. The molecule has 0 N–H and O–H groups in total. The molecule has 0 bridgehead atoms. The van der Waals surface area contributed by atoms with E-state index in [-0.39, 0.29) is 10.8 Å². The smallest absolute Gasteiger partial charge is 0.163 e. The Morgan fingerprint density at radius 1 is 1.21 bits per heavy atom. The highest BCUT2D eigenvalue weighted by Crippen LogP contribution is 2.26. The van der Waals surface area contributed by atoms with Gasteiger partial charge < -0.3 is 9.64 Å². The van der Waals surface area contributed by atoms with Gasteiger partial charge in [0, 0.05) is 39.6 Å². The highest BCUT2D eigenvalue weighted by molar-refractivity contribution is 14.2. The summed E-state index contributed by atoms with van der Waals surface area (Å²) in [5.41, 5.74) is 4.40. The zero-order chi connectivity index (χ0) is 28.8. The number of fused-ring (bicyclic) bond motifs is 1. The summed E-state index contributed by atoms with van der Waals surface area (Å²) in [4.78, 5) is 15.7. The zero-order valence-electron chi connectivity index (χ0n) is 23.3. The van der Waals surface area contributed by atoms with Gasteiger partial charge in [0.1, 0.15) is 16.5 Å². The second-order valence-electron chi connectivity index (χ2n) is 8.32. The normalized spacial score (nSPS) is 16.3. The monoisotopic (exact) mass is 693 g/mol. The van der Waals surface area contributed by atoms with Crippen molar-refractivity contribution < 1.29 is 13.9 Å². The number of hydrazone groups is 1. The Hall–Kier alpha value is -1.66. The minimum atomic E-state index is -0.241. The number of benzene rings is 1. The zero-order valence-corrected chi connectivity index (χ0v) is 27.2. The molecule has 1 unspecified atom stereocenters. The van der Waals surface area contributed by atoms with Gasteiger partial charge in [-0.3, -0.25) is 14.5 Å². The fourth-order valence-corrected chi connectivity index (χ4v) is 4.82. The second-order valence-corrected chi connectivity index (χ2v) is 11.0. The van der Waals surface area contributed by atoms with Crippen LogP contribution in [0.5, 0.6) is 0 Å². The van der Waals surface area contributed by atoms with Crippen molar-refractivity contribution in [3.8, 4) is 0 Å². The fourth-order valence-electron chi connectivity index (χ4n) is 4.17. The molecular formula is C26H39ClFIN7O2P. The van der Waals surface area contributed by atoms with Crippen molar-refractivity contribution in [3.05, 3.63) is 57.3 Å². The highest BCUT2D eigenvalue weighted by atomic mass is 127. The molecule has 2 aromatic rings. The molecule has 39 heavy (non-hydrogen) atoms. The predicted octanol–water partition coefficient (Wildman–Crippen LogP) is 5.22. The number of rotatable bonds is 9. The first-order valence-corrected chi connectivity index (χ1v) is 17.6. The van der Waals surface area contributed by atoms with Gasteiger partial charge in [-0.2, -0.15) is 5.10 Å². The molecule has 1 atom stereocenters. The van der Waals surface area contributed by atoms with E-state index in [1.165, 1.54) is 6.07 Å². The van der Waals surface area contributed by atoms with Gasteiger partial charge in [-0.05, 0) is 45.3 Å². The lowest BCUT2D eigenvalue weighted by molar-refractivity contribution is -0.104. The van der Waals surface area contributed by atoms with E-state index in [2.05, 4.69) is 42.4 Å². The number of hydrogen-bond donors (Lipinski definition) is 0. The topological polar surface area (TPSA) is 79.1 Å². The number of halogens is 3. The van der Waals surface area contributed by atoms with Gasteiger partial charge in [-0.15, -0.1) is 5.10 Å². The number of carbonyl (C=O) groups excluding carboxylic acids is 1. The van der Waals surface area contributed by atoms with E-state index >= 15 is 0 Å². The van der Waals surface area contributed by atoms with Gasteiger partial charge >= 0.3 is 0 Å². The summed E-state index contributed by atoms with van der Waals surface area (Å²) < 4.78 is 23.2. The summed E-state index contributed by atoms with van der Waals surface area (Å²) in [5, 5.41) is 13.3. The lowest BCUT2D eigenvalue weighted by atomic mass is 10.1. The molecule has 1 aromatic carbocycles. The largest absolute Gasteiger partial charge is 0.379 e. The summed E-state index contributed by atoms with van der Waals surface area (Å²) in [7, 11) is 1.86. The maximum absolute atomic E-state index is 14.1. The van der Waals surface area contributed by atoms with Crippen molar-refractivity contribution in [2.45, 2.75) is 53.8 Å². The molecule has 3 heterocycles. The summed E-state index contributed by atoms with van der Waals surface area (Å²) in [6.07, 6.45) is 3.41. The second kappa shape index (κ2) is 17.9. The Kier molecular flexibility index (Phi) is 15.4. The van der Waals surface area contributed by atoms with Gasteiger partial charge in [0.15, 0.2) is 6.29 Å². The SMILES string of the molecule is CC.CC.CN(/N=C\C(=C(\Cl)C=O)N1CCc2c(nnn2Cc2ccc(F)cc2CN2CCOCC2)C1)PI. The van der Waals surface area contributed by atoms with Crippen LogP contribution < -0.4 is 0 Å². The molecule has 2 aliphatic rings. The van der Waals surface area contributed by atoms with Crippen LogP contribution in [0, 0.1) is 5.82 Å². The molecule has 2 aliphatic heterocycles. The van der Waals surface area contributed by atoms with Crippen LogP contribution in [0.2, 0.25) is 0 Å². The first-order chi connectivity index (χ1) is 19.0. The maximum Gasteiger partial charge on any atom is 0.163 e. The Labute approximate surface area is 251 Å². The Balaban J connectivity index is 0.00000127. The molecule has 0 amide bonds. The van der Waals surface area contributed by atoms with Crippen molar-refractivity contribution in [1.82, 2.24) is 29.6 Å². The Morgan fingerprint density at radius 3 is 2.59 bits per heavy atom. The van der Waals surface area contributed by atoms with Crippen molar-refractivity contribution in [3.63, 3.8) is 0 Å². The molecular weight excluding hydrogens is 655 g/mol. The van der Waals surface area contributed by atoms with Crippen LogP contribution in [0.25, 0.3) is 0 Å². The van der Waals surface area contributed by atoms with Crippen molar-refractivity contribution in [1.29, 1.82) is 0 Å². The average Bonchev–Trinajstić information content (AvgIpc) is 3.38. The van der Waals surface area contributed by atoms with Crippen molar-refractivity contribution >= 4 is 52.5 Å². The standard InChI is InChI=1S/C22H27ClFIN7O2P.2C2H6/c1-29(35-25)26-11-22(19(23)15-33)31-5-4-21-20(14-31)27-28-32(21)13-16-2-3-18(24)10-17(16)12-30-6-8-34-9-7-30;2*1-2/h2-3,10-11,15,35H,4-9,12-14H2,1H3;2*1-2H3/b22-19-,26-11-;;. The van der Waals surface area contributed by atoms with E-state index < -0.39 is 0 Å². The molecule has 13 heteroatoms. The third kappa shape index (κ3) is 9.74. The first kappa shape index (κ1) is 33.5. The van der Waals surface area contributed by atoms with E-state index in [0.29, 0.717) is 64.2 Å². The third-order valence-corrected chi connectivity index (χ3v) is 8.77. The Morgan fingerprint density at radius 2 is 1.92 bits per heavy atom. The Bertz CT molecular complexity index is 1110. The number of allylic oxidation sites excluding steroid dienone is 2. The third-order valence-electron chi connectivity index (χ3n) is 6.03. The maximum atomic E-state index is 14.1. The summed E-state index contributed by atoms with van der Waals surface area (Å²) >= 11 is 8.45. The molecule has 0 saturated carbocycles. The fraction of sp³-hybridized carbons (Fsp3) is 0.538. The molecule has 1 saturated heterocycles. The average molecular weight is 694 g/mol. The molecule has 0 spiro atoms. The summed E-state index contributed by atoms with van der Waals surface area (Å²) in [6.45, 7) is 13.4. The van der Waals surface area contributed by atoms with Gasteiger partial charge in [-0.1, -0.05) is 50.6 Å². The van der Waals surface area contributed by atoms with E-state index in [0.717, 1.165) is 35.6 Å². The molecule has 1 fully saturated rings. The lowest BCUT2D eigenvalue weighted by Gasteiger charge is -2.29. The summed E-state index contributed by atoms with van der Waals surface area (Å²) in [6, 6.07) is 4.94. The number of morpholine rings is 1. The molecule has 1 aromatic heterocycles. The quantitative estimate of drug-likeness (QED) is 0.0891. The van der Waals surface area contributed by atoms with E-state index in [1.54, 1.807) is 17.1 Å². The minimum Gasteiger partial charge on any atom is -0.379 e. The number of carbonyl (C=O) groups is 1. The van der Waals surface area contributed by atoms with Gasteiger partial charge in [0.2, 0.25) is 0 Å². The van der Waals surface area contributed by atoms with Crippen LogP contribution in [0.1, 0.15) is 50.2 Å². The van der Waals surface area contributed by atoms with Crippen molar-refractivity contribution in [2.75, 3.05) is 39.9 Å². The van der Waals surface area contributed by atoms with Crippen LogP contribution in [0.15, 0.2) is 34.0 Å². The first-order valence-electron chi connectivity index (χ1n) is 13.2. The minimum absolute atomic E-state index is 0.105. The highest BCUT2D eigenvalue weighted by Gasteiger charge is 2.25. The van der Waals surface area contributed by atoms with Gasteiger partial charge in [0.05, 0.1) is 50.3 Å². The van der Waals surface area contributed by atoms with Gasteiger partial charge in [0.25, 0.3) is 0 Å². The number of hydrogen-bond acceptors (Lipinski definition) is 8. The van der Waals surface area contributed by atoms with Crippen molar-refractivity contribution in [2.24, 2.45) is 5.10 Å². The number of nitrogens with zero attached hydrogens (tertiary/aromatic N) is 7. The lowest BCUT2D eigenvalue weighted by Crippen LogP contribution is -2.36. The number of ether oxygens (including phenoxy) is 1. The van der Waals surface area contributed by atoms with E-state index in [9.17, 15) is 9.18 Å². The molecule has 9 nitrogen and oxygen atoms in total. The van der Waals surface area contributed by atoms with Gasteiger partial charge in [-0.25, -0.2) is 9.07 Å². The van der Waals surface area contributed by atoms with Crippen LogP contribution >= 0.6 is 40.0 Å². The predicted molar refractivity (Wildman–Crippen MR) is 166 cm³/mol. The summed E-state index contributed by atoms with van der Waals surface area (Å²) in [5.74, 6) is -0.241. The van der Waals surface area contributed by atoms with Crippen LogP contribution in [-0.4, -0.2) is 82.0 Å². The van der Waals surface area contributed by atoms with E-state index in [1.807, 2.05) is 50.4 Å². The molecule has 0 aliphatic carbocycles. The van der Waals surface area contributed by atoms with Crippen LogP contribution in [-0.2, 0) is 35.6 Å². The molecule has 4 rings (SSSR count). The van der Waals surface area contributed by atoms with Crippen LogP contribution in [0.3, 0.4) is 0 Å². The number of aldehydes is 1. The van der Waals surface area contributed by atoms with Crippen LogP contribution in [0.4, 0.5) is 4.39 Å². The molecule has 216 valence electrons. The van der Waals surface area contributed by atoms with E-state index in [4.69, 9.17) is 16.3 Å².